The molecule has 0 atom stereocenters. The monoisotopic (exact) mass is 372 g/mol. The van der Waals surface area contributed by atoms with Gasteiger partial charge in [-0.3, -0.25) is 15.1 Å². The number of anilines is 1. The molecule has 7 heteroatoms. The van der Waals surface area contributed by atoms with Crippen LogP contribution in [0.25, 0.3) is 0 Å². The lowest BCUT2D eigenvalue weighted by atomic mass is 9.83. The van der Waals surface area contributed by atoms with Gasteiger partial charge in [-0.05, 0) is 62.3 Å². The van der Waals surface area contributed by atoms with Crippen LogP contribution < -0.4 is 10.6 Å². The number of rotatable bonds is 6. The van der Waals surface area contributed by atoms with Crippen molar-refractivity contribution in [3.63, 3.8) is 0 Å². The molecule has 0 spiro atoms. The maximum atomic E-state index is 12.9. The number of amides is 2. The smallest absolute Gasteiger partial charge is 0.324 e. The molecule has 2 fully saturated rings. The summed E-state index contributed by atoms with van der Waals surface area (Å²) in [6.45, 7) is 1.42. The molecule has 1 heterocycles. The number of urea groups is 1. The molecule has 0 unspecified atom stereocenters. The Morgan fingerprint density at radius 3 is 2.44 bits per heavy atom. The van der Waals surface area contributed by atoms with Crippen LogP contribution in [0.2, 0.25) is 0 Å². The second kappa shape index (κ2) is 8.41. The number of nitrogens with two attached hydrogens (primary N) is 1. The van der Waals surface area contributed by atoms with Crippen LogP contribution in [-0.2, 0) is 9.53 Å². The Morgan fingerprint density at radius 2 is 1.85 bits per heavy atom. The van der Waals surface area contributed by atoms with Crippen LogP contribution in [0.3, 0.4) is 0 Å². The lowest BCUT2D eigenvalue weighted by molar-refractivity contribution is -0.141. The molecule has 0 bridgehead atoms. The maximum absolute atomic E-state index is 12.9. The highest BCUT2D eigenvalue weighted by Crippen LogP contribution is 2.33. The highest BCUT2D eigenvalue weighted by molar-refractivity contribution is 5.97. The molecule has 1 saturated heterocycles. The minimum atomic E-state index is -0.140. The number of benzene rings is 1. The standard InChI is InChI=1S/C20H28N4O3/c1-27-18(25)11-4-14-2-7-16(8-3-14)23-12-13-24(20(23)26)17-9-5-15(6-10-17)19(21)22/h5-6,9-10,14,16H,2-4,7-8,11-13H2,1H3,(H3,21,22). The van der Waals surface area contributed by atoms with E-state index in [1.165, 1.54) is 7.11 Å². The Balaban J connectivity index is 1.53. The molecule has 3 N–H and O–H groups in total. The summed E-state index contributed by atoms with van der Waals surface area (Å²) in [5, 5.41) is 7.46. The number of ether oxygens (including phenoxy) is 1. The van der Waals surface area contributed by atoms with Gasteiger partial charge < -0.3 is 15.4 Å². The van der Waals surface area contributed by atoms with Crippen LogP contribution in [0.5, 0.6) is 0 Å². The van der Waals surface area contributed by atoms with Crippen molar-refractivity contribution in [1.82, 2.24) is 4.90 Å². The summed E-state index contributed by atoms with van der Waals surface area (Å²) in [7, 11) is 1.43. The fraction of sp³-hybridized carbons (Fsp3) is 0.550. The van der Waals surface area contributed by atoms with Crippen LogP contribution >= 0.6 is 0 Å². The van der Waals surface area contributed by atoms with Gasteiger partial charge in [-0.25, -0.2) is 4.79 Å². The van der Waals surface area contributed by atoms with E-state index in [4.69, 9.17) is 15.9 Å². The van der Waals surface area contributed by atoms with E-state index in [-0.39, 0.29) is 23.9 Å². The molecule has 0 radical (unpaired) electrons. The number of carbonyl (C=O) groups excluding carboxylic acids is 2. The number of nitrogens with one attached hydrogen (secondary N) is 1. The van der Waals surface area contributed by atoms with E-state index in [1.54, 1.807) is 17.0 Å². The number of amidine groups is 1. The van der Waals surface area contributed by atoms with Crippen LogP contribution in [0, 0.1) is 11.3 Å². The third-order valence-corrected chi connectivity index (χ3v) is 5.77. The molecule has 27 heavy (non-hydrogen) atoms. The molecule has 1 aromatic rings. The van der Waals surface area contributed by atoms with Gasteiger partial charge in [-0.2, -0.15) is 0 Å². The SMILES string of the molecule is COC(=O)CCC1CCC(N2CCN(c3ccc(C(=N)N)cc3)C2=O)CC1. The van der Waals surface area contributed by atoms with E-state index in [1.807, 2.05) is 17.0 Å². The molecule has 2 amide bonds. The minimum absolute atomic E-state index is 0.0277. The van der Waals surface area contributed by atoms with Crippen LogP contribution in [0.15, 0.2) is 24.3 Å². The van der Waals surface area contributed by atoms with Crippen LogP contribution in [0.4, 0.5) is 10.5 Å². The average molecular weight is 372 g/mol. The molecule has 2 aliphatic rings. The maximum Gasteiger partial charge on any atom is 0.324 e. The zero-order valence-electron chi connectivity index (χ0n) is 15.8. The third kappa shape index (κ3) is 4.40. The topological polar surface area (TPSA) is 99.7 Å². The first-order valence-electron chi connectivity index (χ1n) is 9.59. The zero-order chi connectivity index (χ0) is 19.4. The molecular weight excluding hydrogens is 344 g/mol. The summed E-state index contributed by atoms with van der Waals surface area (Å²) in [5.74, 6) is 0.437. The summed E-state index contributed by atoms with van der Waals surface area (Å²) in [4.78, 5) is 28.0. The van der Waals surface area contributed by atoms with Crippen molar-refractivity contribution >= 4 is 23.5 Å². The van der Waals surface area contributed by atoms with Gasteiger partial charge in [0.05, 0.1) is 7.11 Å². The Kier molecular flexibility index (Phi) is 5.98. The Labute approximate surface area is 160 Å². The number of esters is 1. The predicted molar refractivity (Wildman–Crippen MR) is 104 cm³/mol. The molecular formula is C20H28N4O3. The highest BCUT2D eigenvalue weighted by Gasteiger charge is 2.36. The number of nitrogen functional groups attached to an aromatic ring is 1. The number of nitrogens with zero attached hydrogens (tertiary/aromatic N) is 2. The summed E-state index contributed by atoms with van der Waals surface area (Å²) >= 11 is 0. The van der Waals surface area contributed by atoms with Crippen molar-refractivity contribution in [1.29, 1.82) is 5.41 Å². The molecule has 1 aromatic carbocycles. The van der Waals surface area contributed by atoms with E-state index >= 15 is 0 Å². The van der Waals surface area contributed by atoms with E-state index in [2.05, 4.69) is 0 Å². The lowest BCUT2D eigenvalue weighted by Gasteiger charge is -2.34. The fourth-order valence-corrected chi connectivity index (χ4v) is 4.12. The van der Waals surface area contributed by atoms with Crippen molar-refractivity contribution in [3.05, 3.63) is 29.8 Å². The fourth-order valence-electron chi connectivity index (χ4n) is 4.12. The van der Waals surface area contributed by atoms with E-state index < -0.39 is 0 Å². The minimum Gasteiger partial charge on any atom is -0.469 e. The lowest BCUT2D eigenvalue weighted by Crippen LogP contribution is -2.41. The number of carbonyl (C=O) groups is 2. The second-order valence-corrected chi connectivity index (χ2v) is 7.38. The van der Waals surface area contributed by atoms with Gasteiger partial charge in [0, 0.05) is 36.8 Å². The van der Waals surface area contributed by atoms with Crippen LogP contribution in [0.1, 0.15) is 44.1 Å². The van der Waals surface area contributed by atoms with Crippen molar-refractivity contribution < 1.29 is 14.3 Å². The van der Waals surface area contributed by atoms with Gasteiger partial charge in [0.15, 0.2) is 0 Å². The molecule has 3 rings (SSSR count). The molecule has 1 aliphatic carbocycles. The van der Waals surface area contributed by atoms with Crippen molar-refractivity contribution in [2.45, 2.75) is 44.6 Å². The number of methoxy groups -OCH3 is 1. The summed E-state index contributed by atoms with van der Waals surface area (Å²) in [6.07, 6.45) is 5.46. The molecule has 0 aromatic heterocycles. The van der Waals surface area contributed by atoms with Crippen molar-refractivity contribution in [2.75, 3.05) is 25.1 Å². The number of hydrogen-bond acceptors (Lipinski definition) is 4. The average Bonchev–Trinajstić information content (AvgIpc) is 3.08. The quantitative estimate of drug-likeness (QED) is 0.455. The molecule has 7 nitrogen and oxygen atoms in total. The van der Waals surface area contributed by atoms with Gasteiger partial charge in [0.25, 0.3) is 0 Å². The molecule has 146 valence electrons. The molecule has 1 aliphatic heterocycles. The first-order valence-corrected chi connectivity index (χ1v) is 9.59. The second-order valence-electron chi connectivity index (χ2n) is 7.38. The van der Waals surface area contributed by atoms with Gasteiger partial charge in [0.1, 0.15) is 5.84 Å². The van der Waals surface area contributed by atoms with E-state index in [9.17, 15) is 9.59 Å². The first-order chi connectivity index (χ1) is 13.0. The predicted octanol–water partition coefficient (Wildman–Crippen LogP) is 2.72. The van der Waals surface area contributed by atoms with Crippen molar-refractivity contribution in [2.24, 2.45) is 11.7 Å². The van der Waals surface area contributed by atoms with Gasteiger partial charge in [0.2, 0.25) is 0 Å². The zero-order valence-corrected chi connectivity index (χ0v) is 15.8. The number of hydrogen-bond donors (Lipinski definition) is 2. The van der Waals surface area contributed by atoms with Gasteiger partial charge >= 0.3 is 12.0 Å². The van der Waals surface area contributed by atoms with Gasteiger partial charge in [-0.15, -0.1) is 0 Å². The largest absolute Gasteiger partial charge is 0.469 e. The van der Waals surface area contributed by atoms with Crippen LogP contribution in [-0.4, -0.2) is 49.0 Å². The Bertz CT molecular complexity index is 696. The van der Waals surface area contributed by atoms with Crippen molar-refractivity contribution in [3.8, 4) is 0 Å². The third-order valence-electron chi connectivity index (χ3n) is 5.77. The normalized spacial score (nSPS) is 22.8. The Hall–Kier alpha value is -2.57. The summed E-state index contributed by atoms with van der Waals surface area (Å²) in [6, 6.07) is 7.60. The Morgan fingerprint density at radius 1 is 1.19 bits per heavy atom. The summed E-state index contributed by atoms with van der Waals surface area (Å²) in [5.41, 5.74) is 7.00. The van der Waals surface area contributed by atoms with Gasteiger partial charge in [-0.1, -0.05) is 0 Å². The highest BCUT2D eigenvalue weighted by atomic mass is 16.5. The summed E-state index contributed by atoms with van der Waals surface area (Å²) < 4.78 is 4.72. The first kappa shape index (κ1) is 19.2. The van der Waals surface area contributed by atoms with E-state index in [0.717, 1.165) is 44.3 Å². The molecule has 1 saturated carbocycles. The van der Waals surface area contributed by atoms with E-state index in [0.29, 0.717) is 24.4 Å².